The molecule has 228 valence electrons. The highest BCUT2D eigenvalue weighted by atomic mass is 16.3. The van der Waals surface area contributed by atoms with Crippen molar-refractivity contribution in [1.82, 2.24) is 5.32 Å². The second-order valence-electron chi connectivity index (χ2n) is 12.2. The van der Waals surface area contributed by atoms with Crippen LogP contribution in [-0.4, -0.2) is 24.3 Å². The van der Waals surface area contributed by atoms with Crippen molar-refractivity contribution < 1.29 is 5.11 Å². The van der Waals surface area contributed by atoms with E-state index in [1.165, 1.54) is 186 Å². The second-order valence-corrected chi connectivity index (χ2v) is 12.2. The molecule has 0 spiro atoms. The lowest BCUT2D eigenvalue weighted by molar-refractivity contribution is 0.147. The Balaban J connectivity index is 3.11. The third-order valence-corrected chi connectivity index (χ3v) is 8.15. The van der Waals surface area contributed by atoms with Crippen LogP contribution < -0.4 is 5.32 Å². The summed E-state index contributed by atoms with van der Waals surface area (Å²) in [6.07, 6.45) is 43.7. The number of aliphatic hydroxyl groups excluding tert-OH is 1. The van der Waals surface area contributed by atoms with Gasteiger partial charge in [0, 0.05) is 0 Å². The Morgan fingerprint density at radius 3 is 1.16 bits per heavy atom. The van der Waals surface area contributed by atoms with E-state index in [0.717, 1.165) is 12.8 Å². The molecular weight excluding hydrogens is 462 g/mol. The molecule has 0 aliphatic carbocycles. The van der Waals surface area contributed by atoms with E-state index in [4.69, 9.17) is 0 Å². The van der Waals surface area contributed by atoms with E-state index in [1.54, 1.807) is 0 Å². The fourth-order valence-electron chi connectivity index (χ4n) is 5.44. The number of nitrogens with one attached hydrogen (secondary N) is 1. The fourth-order valence-corrected chi connectivity index (χ4v) is 5.44. The predicted molar refractivity (Wildman–Crippen MR) is 173 cm³/mol. The highest BCUT2D eigenvalue weighted by Gasteiger charge is 2.03. The first-order chi connectivity index (χ1) is 18.8. The molecule has 2 N–H and O–H groups in total. The smallest absolute Gasteiger partial charge is 0.0540 e. The van der Waals surface area contributed by atoms with Gasteiger partial charge in [0.1, 0.15) is 0 Å². The van der Waals surface area contributed by atoms with Crippen LogP contribution in [0.1, 0.15) is 200 Å². The van der Waals surface area contributed by atoms with Gasteiger partial charge in [0.25, 0.3) is 0 Å². The van der Waals surface area contributed by atoms with Crippen LogP contribution in [0, 0.1) is 0 Å². The van der Waals surface area contributed by atoms with Crippen molar-refractivity contribution in [3.05, 3.63) is 12.2 Å². The fraction of sp³-hybridized carbons (Fsp3) is 0.944. The lowest BCUT2D eigenvalue weighted by atomic mass is 10.0. The lowest BCUT2D eigenvalue weighted by Gasteiger charge is -2.10. The average Bonchev–Trinajstić information content (AvgIpc) is 2.92. The first-order valence-electron chi connectivity index (χ1n) is 17.8. The molecule has 0 saturated heterocycles. The number of aliphatic hydroxyl groups is 1. The van der Waals surface area contributed by atoms with Gasteiger partial charge in [-0.2, -0.15) is 0 Å². The summed E-state index contributed by atoms with van der Waals surface area (Å²) in [6, 6.07) is 0. The number of hydrogen-bond acceptors (Lipinski definition) is 2. The minimum absolute atomic E-state index is 0.0395. The van der Waals surface area contributed by atoms with E-state index < -0.39 is 0 Å². The molecule has 0 aliphatic heterocycles. The molecule has 0 fully saturated rings. The monoisotopic (exact) mass is 536 g/mol. The lowest BCUT2D eigenvalue weighted by Crippen LogP contribution is -2.16. The van der Waals surface area contributed by atoms with E-state index in [2.05, 4.69) is 31.3 Å². The van der Waals surface area contributed by atoms with E-state index in [-0.39, 0.29) is 6.10 Å². The van der Waals surface area contributed by atoms with E-state index in [1.807, 2.05) is 0 Å². The maximum atomic E-state index is 10.0. The third kappa shape index (κ3) is 33.7. The minimum atomic E-state index is -0.0395. The van der Waals surface area contributed by atoms with Gasteiger partial charge in [-0.1, -0.05) is 161 Å². The molecule has 0 aromatic heterocycles. The normalized spacial score (nSPS) is 12.6. The van der Waals surface area contributed by atoms with Gasteiger partial charge >= 0.3 is 0 Å². The molecular formula is C36H73NO. The van der Waals surface area contributed by atoms with Crippen molar-refractivity contribution >= 4 is 0 Å². The number of allylic oxidation sites excluding steroid dienone is 2. The number of hydrogen-bond donors (Lipinski definition) is 2. The van der Waals surface area contributed by atoms with Gasteiger partial charge in [0.15, 0.2) is 0 Å². The molecule has 0 rings (SSSR count). The highest BCUT2D eigenvalue weighted by molar-refractivity contribution is 4.81. The molecule has 1 unspecified atom stereocenters. The molecule has 0 saturated carbocycles. The molecule has 38 heavy (non-hydrogen) atoms. The van der Waals surface area contributed by atoms with Crippen molar-refractivity contribution in [2.24, 2.45) is 0 Å². The number of rotatable bonds is 33. The summed E-state index contributed by atoms with van der Waals surface area (Å²) in [5.41, 5.74) is 0. The topological polar surface area (TPSA) is 32.3 Å². The maximum absolute atomic E-state index is 10.0. The molecule has 0 radical (unpaired) electrons. The van der Waals surface area contributed by atoms with Crippen molar-refractivity contribution in [2.45, 2.75) is 206 Å². The van der Waals surface area contributed by atoms with Gasteiger partial charge in [0.05, 0.1) is 6.10 Å². The molecule has 0 aromatic carbocycles. The Kier molecular flexibility index (Phi) is 34.4. The van der Waals surface area contributed by atoms with Crippen LogP contribution in [0.25, 0.3) is 0 Å². The summed E-state index contributed by atoms with van der Waals surface area (Å²) >= 11 is 0. The summed E-state index contributed by atoms with van der Waals surface area (Å²) in [7, 11) is 0. The third-order valence-electron chi connectivity index (χ3n) is 8.15. The maximum Gasteiger partial charge on any atom is 0.0540 e. The molecule has 2 heteroatoms. The van der Waals surface area contributed by atoms with E-state index in [9.17, 15) is 5.11 Å². The van der Waals surface area contributed by atoms with Crippen molar-refractivity contribution in [3.63, 3.8) is 0 Å². The zero-order chi connectivity index (χ0) is 27.6. The largest absolute Gasteiger partial charge is 0.393 e. The molecule has 0 bridgehead atoms. The van der Waals surface area contributed by atoms with E-state index in [0.29, 0.717) is 0 Å². The van der Waals surface area contributed by atoms with Gasteiger partial charge in [-0.05, 0) is 64.5 Å². The predicted octanol–water partition coefficient (Wildman–Crippen LogP) is 11.8. The first-order valence-corrected chi connectivity index (χ1v) is 17.8. The SMILES string of the molecule is CCCCCCCC/C=C\CCCCCCCCNCCCCCCCCCCCC(O)CCCCCC. The van der Waals surface area contributed by atoms with Gasteiger partial charge in [-0.3, -0.25) is 0 Å². The van der Waals surface area contributed by atoms with Crippen molar-refractivity contribution in [1.29, 1.82) is 0 Å². The summed E-state index contributed by atoms with van der Waals surface area (Å²) in [5.74, 6) is 0. The van der Waals surface area contributed by atoms with Crippen LogP contribution >= 0.6 is 0 Å². The zero-order valence-electron chi connectivity index (χ0n) is 26.6. The van der Waals surface area contributed by atoms with Crippen LogP contribution in [0.2, 0.25) is 0 Å². The molecule has 0 aliphatic rings. The Hall–Kier alpha value is -0.340. The van der Waals surface area contributed by atoms with Crippen LogP contribution in [-0.2, 0) is 0 Å². The van der Waals surface area contributed by atoms with Crippen molar-refractivity contribution in [3.8, 4) is 0 Å². The standard InChI is InChI=1S/C36H73NO/c1-3-5-7-9-10-11-12-13-14-15-16-17-20-23-26-30-34-37-35-31-27-24-21-18-19-22-25-29-33-36(38)32-28-8-6-4-2/h13-14,36-38H,3-12,15-35H2,1-2H3/b14-13-. The van der Waals surface area contributed by atoms with Gasteiger partial charge in [-0.15, -0.1) is 0 Å². The Labute approximate surface area is 241 Å². The Bertz CT molecular complexity index is 435. The second kappa shape index (κ2) is 34.7. The van der Waals surface area contributed by atoms with Crippen LogP contribution in [0.5, 0.6) is 0 Å². The van der Waals surface area contributed by atoms with Gasteiger partial charge < -0.3 is 10.4 Å². The summed E-state index contributed by atoms with van der Waals surface area (Å²) in [5, 5.41) is 13.7. The summed E-state index contributed by atoms with van der Waals surface area (Å²) < 4.78 is 0. The van der Waals surface area contributed by atoms with E-state index >= 15 is 0 Å². The molecule has 0 aromatic rings. The molecule has 2 nitrogen and oxygen atoms in total. The van der Waals surface area contributed by atoms with Crippen LogP contribution in [0.4, 0.5) is 0 Å². The van der Waals surface area contributed by atoms with Crippen LogP contribution in [0.3, 0.4) is 0 Å². The summed E-state index contributed by atoms with van der Waals surface area (Å²) in [4.78, 5) is 0. The molecule has 0 heterocycles. The Morgan fingerprint density at radius 2 is 0.737 bits per heavy atom. The van der Waals surface area contributed by atoms with Gasteiger partial charge in [0.2, 0.25) is 0 Å². The minimum Gasteiger partial charge on any atom is -0.393 e. The van der Waals surface area contributed by atoms with Gasteiger partial charge in [-0.25, -0.2) is 0 Å². The Morgan fingerprint density at radius 1 is 0.421 bits per heavy atom. The number of unbranched alkanes of at least 4 members (excludes halogenated alkanes) is 23. The first kappa shape index (κ1) is 37.7. The average molecular weight is 536 g/mol. The highest BCUT2D eigenvalue weighted by Crippen LogP contribution is 2.14. The quantitative estimate of drug-likeness (QED) is 0.0646. The van der Waals surface area contributed by atoms with Crippen LogP contribution in [0.15, 0.2) is 12.2 Å². The zero-order valence-corrected chi connectivity index (χ0v) is 26.6. The molecule has 1 atom stereocenters. The van der Waals surface area contributed by atoms with Crippen molar-refractivity contribution in [2.75, 3.05) is 13.1 Å². The molecule has 0 amide bonds. The summed E-state index contributed by atoms with van der Waals surface area (Å²) in [6.45, 7) is 6.97.